The first kappa shape index (κ1) is 27.4. The molecule has 0 unspecified atom stereocenters. The van der Waals surface area contributed by atoms with Crippen LogP contribution in [0.15, 0.2) is 71.9 Å². The fourth-order valence-corrected chi connectivity index (χ4v) is 3.39. The fourth-order valence-electron chi connectivity index (χ4n) is 2.68. The molecule has 1 aliphatic rings. The molecule has 1 N–H and O–H groups in total. The number of rotatable bonds is 7. The summed E-state index contributed by atoms with van der Waals surface area (Å²) < 4.78 is 0. The molecule has 3 rings (SSSR count). The monoisotopic (exact) mass is 451 g/mol. The zero-order chi connectivity index (χ0) is 23.9. The molecule has 172 valence electrons. The molecule has 0 spiro atoms. The van der Waals surface area contributed by atoms with Crippen molar-refractivity contribution in [3.8, 4) is 0 Å². The van der Waals surface area contributed by atoms with Gasteiger partial charge >= 0.3 is 0 Å². The average molecular weight is 452 g/mol. The number of thioether (sulfide) groups is 1. The summed E-state index contributed by atoms with van der Waals surface area (Å²) in [6.45, 7) is 17.4. The number of hydrogen-bond donors (Lipinski definition) is 1. The maximum Gasteiger partial charge on any atom is 0.295 e. The van der Waals surface area contributed by atoms with E-state index in [9.17, 15) is 4.79 Å². The summed E-state index contributed by atoms with van der Waals surface area (Å²) >= 11 is 1.17. The molecule has 0 aliphatic carbocycles. The molecule has 0 atom stereocenters. The number of carbonyl (C=O) groups is 1. The third-order valence-electron chi connectivity index (χ3n) is 4.58. The van der Waals surface area contributed by atoms with Crippen molar-refractivity contribution >= 4 is 27.9 Å². The van der Waals surface area contributed by atoms with Crippen molar-refractivity contribution in [1.29, 1.82) is 0 Å². The number of carbonyl (C=O) groups excluding carboxylic acids is 1. The Hall–Kier alpha value is -2.59. The maximum absolute atomic E-state index is 11.5. The summed E-state index contributed by atoms with van der Waals surface area (Å²) in [6, 6.07) is 17.0. The SMILES string of the molecule is C=C=CCN1C(=O)SC1=Nc1cccc(CCNC(C)C)c1.CC.Cc1ccccc1C. The highest BCUT2D eigenvalue weighted by molar-refractivity contribution is 8.29. The van der Waals surface area contributed by atoms with Gasteiger partial charge in [-0.15, -0.1) is 5.73 Å². The van der Waals surface area contributed by atoms with Gasteiger partial charge in [0.1, 0.15) is 0 Å². The van der Waals surface area contributed by atoms with Gasteiger partial charge in [-0.3, -0.25) is 9.69 Å². The summed E-state index contributed by atoms with van der Waals surface area (Å²) in [5.74, 6) is 0. The zero-order valence-corrected chi connectivity index (χ0v) is 21.1. The van der Waals surface area contributed by atoms with Crippen LogP contribution in [0.25, 0.3) is 0 Å². The lowest BCUT2D eigenvalue weighted by molar-refractivity contribution is 0.244. The van der Waals surface area contributed by atoms with Gasteiger partial charge in [-0.05, 0) is 61.7 Å². The molecule has 0 radical (unpaired) electrons. The molecule has 0 saturated carbocycles. The molecular weight excluding hydrogens is 414 g/mol. The highest BCUT2D eigenvalue weighted by Crippen LogP contribution is 2.29. The van der Waals surface area contributed by atoms with E-state index in [1.165, 1.54) is 28.5 Å². The van der Waals surface area contributed by atoms with Crippen LogP contribution in [0, 0.1) is 13.8 Å². The highest BCUT2D eigenvalue weighted by Gasteiger charge is 2.32. The van der Waals surface area contributed by atoms with Crippen LogP contribution in [0.5, 0.6) is 0 Å². The fraction of sp³-hybridized carbons (Fsp3) is 0.370. The minimum absolute atomic E-state index is 0.0162. The number of hydrogen-bond acceptors (Lipinski definition) is 4. The first-order valence-electron chi connectivity index (χ1n) is 11.2. The Labute approximate surface area is 198 Å². The second-order valence-electron chi connectivity index (χ2n) is 7.39. The van der Waals surface area contributed by atoms with Crippen LogP contribution >= 0.6 is 11.8 Å². The molecule has 0 bridgehead atoms. The number of amidine groups is 1. The third-order valence-corrected chi connectivity index (χ3v) is 5.46. The lowest BCUT2D eigenvalue weighted by Crippen LogP contribution is -2.42. The second-order valence-corrected chi connectivity index (χ2v) is 8.31. The van der Waals surface area contributed by atoms with Gasteiger partial charge in [0.2, 0.25) is 0 Å². The number of aryl methyl sites for hydroxylation is 2. The molecule has 1 aliphatic heterocycles. The van der Waals surface area contributed by atoms with Crippen LogP contribution < -0.4 is 5.32 Å². The van der Waals surface area contributed by atoms with Crippen LogP contribution in [0.2, 0.25) is 0 Å². The number of aliphatic imine (C=N–C) groups is 1. The van der Waals surface area contributed by atoms with Gasteiger partial charge in [-0.25, -0.2) is 4.99 Å². The quantitative estimate of drug-likeness (QED) is 0.459. The first-order chi connectivity index (χ1) is 15.4. The second kappa shape index (κ2) is 15.3. The van der Waals surface area contributed by atoms with E-state index in [1.807, 2.05) is 26.0 Å². The van der Waals surface area contributed by atoms with Gasteiger partial charge in [0.05, 0.1) is 12.2 Å². The summed E-state index contributed by atoms with van der Waals surface area (Å²) in [5, 5.41) is 4.15. The van der Waals surface area contributed by atoms with Gasteiger partial charge in [-0.2, -0.15) is 0 Å². The molecule has 1 fully saturated rings. The Morgan fingerprint density at radius 1 is 1.12 bits per heavy atom. The Morgan fingerprint density at radius 3 is 2.31 bits per heavy atom. The molecule has 1 heterocycles. The van der Waals surface area contributed by atoms with Crippen LogP contribution in [-0.4, -0.2) is 34.4 Å². The third kappa shape index (κ3) is 9.69. The molecule has 1 saturated heterocycles. The van der Waals surface area contributed by atoms with Crippen molar-refractivity contribution in [3.63, 3.8) is 0 Å². The number of amides is 1. The summed E-state index contributed by atoms with van der Waals surface area (Å²) in [5.41, 5.74) is 7.53. The van der Waals surface area contributed by atoms with Gasteiger partial charge in [0, 0.05) is 17.8 Å². The van der Waals surface area contributed by atoms with E-state index in [4.69, 9.17) is 0 Å². The van der Waals surface area contributed by atoms with E-state index < -0.39 is 0 Å². The molecule has 1 amide bonds. The standard InChI is InChI=1S/C17H21N3OS.C8H10.C2H6/c1-4-5-11-20-16(22-17(20)21)19-15-8-6-7-14(12-15)9-10-18-13(2)3;1-7-5-3-4-6-8(7)2;1-2/h5-8,12-13,18H,1,9-11H2,2-3H3;3-6H,1-2H3;1-2H3. The molecule has 32 heavy (non-hydrogen) atoms. The van der Waals surface area contributed by atoms with Crippen LogP contribution in [0.4, 0.5) is 10.5 Å². The van der Waals surface area contributed by atoms with Crippen molar-refractivity contribution in [2.24, 2.45) is 4.99 Å². The summed E-state index contributed by atoms with van der Waals surface area (Å²) in [6.07, 6.45) is 2.69. The van der Waals surface area contributed by atoms with Crippen molar-refractivity contribution in [2.75, 3.05) is 13.1 Å². The lowest BCUT2D eigenvalue weighted by Gasteiger charge is -2.29. The smallest absolute Gasteiger partial charge is 0.295 e. The van der Waals surface area contributed by atoms with E-state index in [-0.39, 0.29) is 5.24 Å². The van der Waals surface area contributed by atoms with Crippen molar-refractivity contribution in [1.82, 2.24) is 10.2 Å². The van der Waals surface area contributed by atoms with E-state index in [0.29, 0.717) is 12.6 Å². The Balaban J connectivity index is 0.000000427. The van der Waals surface area contributed by atoms with Gasteiger partial charge in [-0.1, -0.05) is 70.7 Å². The van der Waals surface area contributed by atoms with E-state index in [2.05, 4.69) is 86.7 Å². The van der Waals surface area contributed by atoms with Crippen molar-refractivity contribution in [2.45, 2.75) is 54.0 Å². The number of benzene rings is 2. The van der Waals surface area contributed by atoms with Gasteiger partial charge < -0.3 is 5.32 Å². The molecule has 2 aromatic carbocycles. The zero-order valence-electron chi connectivity index (χ0n) is 20.3. The minimum atomic E-state index is 0.0162. The Bertz CT molecular complexity index is 909. The Morgan fingerprint density at radius 2 is 1.78 bits per heavy atom. The summed E-state index contributed by atoms with van der Waals surface area (Å²) in [7, 11) is 0. The number of nitrogens with one attached hydrogen (secondary N) is 1. The van der Waals surface area contributed by atoms with E-state index in [0.717, 1.165) is 23.8 Å². The van der Waals surface area contributed by atoms with Crippen LogP contribution in [0.3, 0.4) is 0 Å². The predicted octanol–water partition coefficient (Wildman–Crippen LogP) is 7.05. The van der Waals surface area contributed by atoms with Gasteiger partial charge in [0.25, 0.3) is 5.24 Å². The largest absolute Gasteiger partial charge is 0.314 e. The number of nitrogens with zero attached hydrogens (tertiary/aromatic N) is 2. The summed E-state index contributed by atoms with van der Waals surface area (Å²) in [4.78, 5) is 17.7. The minimum Gasteiger partial charge on any atom is -0.314 e. The molecule has 2 aromatic rings. The predicted molar refractivity (Wildman–Crippen MR) is 141 cm³/mol. The van der Waals surface area contributed by atoms with Gasteiger partial charge in [0.15, 0.2) is 5.17 Å². The first-order valence-corrected chi connectivity index (χ1v) is 12.0. The molecular formula is C27H37N3OS. The van der Waals surface area contributed by atoms with Crippen LogP contribution in [0.1, 0.15) is 44.4 Å². The topological polar surface area (TPSA) is 44.7 Å². The van der Waals surface area contributed by atoms with Crippen molar-refractivity contribution < 1.29 is 4.79 Å². The maximum atomic E-state index is 11.5. The molecule has 5 heteroatoms. The molecule has 0 aromatic heterocycles. The highest BCUT2D eigenvalue weighted by atomic mass is 32.2. The Kier molecular flexibility index (Phi) is 13.1. The van der Waals surface area contributed by atoms with E-state index >= 15 is 0 Å². The normalized spacial score (nSPS) is 13.4. The van der Waals surface area contributed by atoms with Crippen molar-refractivity contribution in [3.05, 3.63) is 83.6 Å². The average Bonchev–Trinajstić information content (AvgIpc) is 2.78. The molecule has 4 nitrogen and oxygen atoms in total. The van der Waals surface area contributed by atoms with E-state index in [1.54, 1.807) is 11.0 Å². The lowest BCUT2D eigenvalue weighted by atomic mass is 10.1. The van der Waals surface area contributed by atoms with Crippen LogP contribution in [-0.2, 0) is 6.42 Å².